The van der Waals surface area contributed by atoms with Crippen LogP contribution in [0, 0.1) is 11.8 Å². The van der Waals surface area contributed by atoms with Crippen molar-refractivity contribution < 1.29 is 8.42 Å². The van der Waals surface area contributed by atoms with Crippen molar-refractivity contribution in [2.75, 3.05) is 33.2 Å². The van der Waals surface area contributed by atoms with E-state index >= 15 is 0 Å². The second kappa shape index (κ2) is 7.76. The molecule has 28 heavy (non-hydrogen) atoms. The van der Waals surface area contributed by atoms with Gasteiger partial charge in [-0.1, -0.05) is 6.42 Å². The molecule has 9 heteroatoms. The molecule has 0 spiro atoms. The Morgan fingerprint density at radius 3 is 2.68 bits per heavy atom. The Labute approximate surface area is 169 Å². The third-order valence-electron chi connectivity index (χ3n) is 8.04. The number of nitrogens with one attached hydrogen (secondary N) is 4. The Balaban J connectivity index is 1.19. The van der Waals surface area contributed by atoms with Gasteiger partial charge in [0.05, 0.1) is 5.25 Å². The minimum Gasteiger partial charge on any atom is -0.312 e. The summed E-state index contributed by atoms with van der Waals surface area (Å²) in [4.78, 5) is 0. The largest absolute Gasteiger partial charge is 0.312 e. The quantitative estimate of drug-likeness (QED) is 0.500. The lowest BCUT2D eigenvalue weighted by atomic mass is 9.82. The summed E-state index contributed by atoms with van der Waals surface area (Å²) >= 11 is 0. The van der Waals surface area contributed by atoms with Gasteiger partial charge in [-0.15, -0.1) is 0 Å². The molecule has 0 aromatic rings. The number of piperidine rings is 1. The van der Waals surface area contributed by atoms with Crippen LogP contribution in [-0.4, -0.2) is 81.1 Å². The number of nitrogens with zero attached hydrogens (tertiary/aromatic N) is 2. The molecule has 4 heterocycles. The van der Waals surface area contributed by atoms with Crippen LogP contribution in [0.5, 0.6) is 0 Å². The van der Waals surface area contributed by atoms with Gasteiger partial charge in [0.1, 0.15) is 0 Å². The Morgan fingerprint density at radius 2 is 1.86 bits per heavy atom. The number of hydrogen-bond acceptors (Lipinski definition) is 7. The van der Waals surface area contributed by atoms with Crippen LogP contribution >= 0.6 is 0 Å². The van der Waals surface area contributed by atoms with Crippen molar-refractivity contribution in [1.29, 1.82) is 0 Å². The summed E-state index contributed by atoms with van der Waals surface area (Å²) in [5, 5.41) is 7.84. The van der Waals surface area contributed by atoms with Gasteiger partial charge in [0.2, 0.25) is 10.0 Å². The van der Waals surface area contributed by atoms with Gasteiger partial charge in [0.15, 0.2) is 0 Å². The Bertz CT molecular complexity index is 665. The van der Waals surface area contributed by atoms with Crippen LogP contribution in [0.3, 0.4) is 0 Å². The van der Waals surface area contributed by atoms with E-state index in [0.29, 0.717) is 30.5 Å². The average Bonchev–Trinajstić information content (AvgIpc) is 3.38. The normalized spacial score (nSPS) is 45.2. The first-order valence-corrected chi connectivity index (χ1v) is 12.8. The summed E-state index contributed by atoms with van der Waals surface area (Å²) in [5.74, 6) is 1.17. The van der Waals surface area contributed by atoms with Crippen molar-refractivity contribution in [3.63, 3.8) is 0 Å². The third kappa shape index (κ3) is 3.53. The van der Waals surface area contributed by atoms with Crippen molar-refractivity contribution in [1.82, 2.24) is 30.9 Å². The van der Waals surface area contributed by atoms with Crippen LogP contribution in [0.4, 0.5) is 0 Å². The van der Waals surface area contributed by atoms with E-state index in [4.69, 9.17) is 0 Å². The molecule has 8 nitrogen and oxygen atoms in total. The highest BCUT2D eigenvalue weighted by Crippen LogP contribution is 2.34. The fraction of sp³-hybridized carbons (Fsp3) is 1.00. The zero-order valence-electron chi connectivity index (χ0n) is 16.9. The summed E-state index contributed by atoms with van der Waals surface area (Å²) in [6, 6.07) is 1.39. The minimum atomic E-state index is -3.30. The third-order valence-corrected chi connectivity index (χ3v) is 9.95. The monoisotopic (exact) mass is 412 g/mol. The van der Waals surface area contributed by atoms with Crippen LogP contribution < -0.4 is 20.9 Å². The van der Waals surface area contributed by atoms with Gasteiger partial charge >= 0.3 is 0 Å². The van der Waals surface area contributed by atoms with Crippen LogP contribution in [0.1, 0.15) is 44.9 Å². The summed E-state index contributed by atoms with van der Waals surface area (Å²) < 4.78 is 29.4. The molecule has 1 aliphatic carbocycles. The van der Waals surface area contributed by atoms with Crippen molar-refractivity contribution in [2.45, 2.75) is 74.4 Å². The smallest absolute Gasteiger partial charge is 0.216 e. The van der Waals surface area contributed by atoms with Crippen LogP contribution in [0.15, 0.2) is 0 Å². The van der Waals surface area contributed by atoms with E-state index in [-0.39, 0.29) is 17.3 Å². The maximum Gasteiger partial charge on any atom is 0.216 e. The molecule has 0 bridgehead atoms. The number of likely N-dealkylation sites (N-methyl/N-ethyl adjacent to an activating group) is 1. The van der Waals surface area contributed by atoms with Crippen molar-refractivity contribution in [2.24, 2.45) is 11.8 Å². The first-order valence-electron chi connectivity index (χ1n) is 11.2. The molecule has 0 aromatic heterocycles. The average molecular weight is 413 g/mol. The molecule has 4 N–H and O–H groups in total. The second-order valence-electron chi connectivity index (χ2n) is 9.57. The minimum absolute atomic E-state index is 0.0348. The Kier molecular flexibility index (Phi) is 5.45. The Morgan fingerprint density at radius 1 is 0.964 bits per heavy atom. The lowest BCUT2D eigenvalue weighted by molar-refractivity contribution is 0.151. The first-order chi connectivity index (χ1) is 13.5. The van der Waals surface area contributed by atoms with Crippen LogP contribution in [0.2, 0.25) is 0 Å². The standard InChI is InChI=1S/C19H36N6O2S/c1-24-19-13(10-21-24)4-2-5-17(19)23-28(26,27)14-7-8-16(20-11-14)15-12-22-25-9-3-6-18(15)25/h13-23H,2-12H2,1H3. The van der Waals surface area contributed by atoms with Gasteiger partial charge in [0, 0.05) is 63.3 Å². The fourth-order valence-corrected chi connectivity index (χ4v) is 8.20. The predicted octanol–water partition coefficient (Wildman–Crippen LogP) is -0.387. The van der Waals surface area contributed by atoms with Gasteiger partial charge in [-0.25, -0.2) is 23.2 Å². The van der Waals surface area contributed by atoms with Crippen molar-refractivity contribution in [3.8, 4) is 0 Å². The van der Waals surface area contributed by atoms with Crippen molar-refractivity contribution in [3.05, 3.63) is 0 Å². The Hall–Kier alpha value is -0.290. The van der Waals surface area contributed by atoms with Gasteiger partial charge in [0.25, 0.3) is 0 Å². The lowest BCUT2D eigenvalue weighted by Gasteiger charge is -2.39. The van der Waals surface area contributed by atoms with Gasteiger partial charge in [-0.3, -0.25) is 10.9 Å². The highest BCUT2D eigenvalue weighted by atomic mass is 32.2. The van der Waals surface area contributed by atoms with Crippen LogP contribution in [-0.2, 0) is 10.0 Å². The van der Waals surface area contributed by atoms with E-state index in [1.54, 1.807) is 0 Å². The number of hydrazine groups is 2. The molecule has 0 aromatic carbocycles. The molecule has 0 amide bonds. The van der Waals surface area contributed by atoms with E-state index in [9.17, 15) is 8.42 Å². The maximum atomic E-state index is 13.1. The van der Waals surface area contributed by atoms with Gasteiger partial charge < -0.3 is 5.32 Å². The highest BCUT2D eigenvalue weighted by Gasteiger charge is 2.45. The maximum absolute atomic E-state index is 13.1. The lowest BCUT2D eigenvalue weighted by Crippen LogP contribution is -2.57. The molecule has 160 valence electrons. The predicted molar refractivity (Wildman–Crippen MR) is 109 cm³/mol. The SMILES string of the molecule is CN1NCC2CCCC(NS(=O)(=O)C3CCC(C4CNN5CCCC45)NC3)C21. The molecular weight excluding hydrogens is 376 g/mol. The zero-order valence-corrected chi connectivity index (χ0v) is 17.8. The molecule has 0 radical (unpaired) electrons. The summed E-state index contributed by atoms with van der Waals surface area (Å²) in [6.07, 6.45) is 7.52. The summed E-state index contributed by atoms with van der Waals surface area (Å²) in [6.45, 7) is 3.74. The second-order valence-corrected chi connectivity index (χ2v) is 11.6. The van der Waals surface area contributed by atoms with E-state index in [1.165, 1.54) is 19.3 Å². The number of fused-ring (bicyclic) bond motifs is 2. The van der Waals surface area contributed by atoms with Crippen molar-refractivity contribution >= 4 is 10.0 Å². The molecule has 5 aliphatic rings. The molecule has 7 unspecified atom stereocenters. The molecule has 5 fully saturated rings. The number of hydrogen-bond donors (Lipinski definition) is 4. The topological polar surface area (TPSA) is 88.7 Å². The molecule has 5 rings (SSSR count). The molecule has 4 saturated heterocycles. The molecule has 4 aliphatic heterocycles. The zero-order chi connectivity index (χ0) is 19.3. The summed E-state index contributed by atoms with van der Waals surface area (Å²) in [7, 11) is -1.25. The highest BCUT2D eigenvalue weighted by molar-refractivity contribution is 7.90. The molecule has 1 saturated carbocycles. The van der Waals surface area contributed by atoms with E-state index in [2.05, 4.69) is 30.9 Å². The first kappa shape index (κ1) is 19.7. The van der Waals surface area contributed by atoms with Gasteiger partial charge in [-0.05, 0) is 44.4 Å². The van der Waals surface area contributed by atoms with E-state index < -0.39 is 10.0 Å². The number of sulfonamides is 1. The molecule has 7 atom stereocenters. The fourth-order valence-electron chi connectivity index (χ4n) is 6.57. The van der Waals surface area contributed by atoms with Crippen LogP contribution in [0.25, 0.3) is 0 Å². The summed E-state index contributed by atoms with van der Waals surface area (Å²) in [5.41, 5.74) is 6.93. The van der Waals surface area contributed by atoms with E-state index in [0.717, 1.165) is 45.3 Å². The van der Waals surface area contributed by atoms with Gasteiger partial charge in [-0.2, -0.15) is 0 Å². The number of rotatable bonds is 4. The van der Waals surface area contributed by atoms with E-state index in [1.807, 2.05) is 7.05 Å². The molecular formula is C19H36N6O2S.